The summed E-state index contributed by atoms with van der Waals surface area (Å²) in [5, 5.41) is 0. The van der Waals surface area contributed by atoms with Crippen LogP contribution in [0.25, 0.3) is 0 Å². The Balaban J connectivity index is 2.18. The summed E-state index contributed by atoms with van der Waals surface area (Å²) >= 11 is 0. The molecular formula is C11H17NO3. The molecule has 1 aliphatic carbocycles. The topological polar surface area (TPSA) is 46.6 Å². The summed E-state index contributed by atoms with van der Waals surface area (Å²) in [6, 6.07) is 0.0914. The normalized spacial score (nSPS) is 34.4. The molecule has 2 rings (SSSR count). The van der Waals surface area contributed by atoms with Crippen molar-refractivity contribution in [1.82, 2.24) is 4.90 Å². The van der Waals surface area contributed by atoms with Gasteiger partial charge in [0.05, 0.1) is 13.0 Å². The van der Waals surface area contributed by atoms with Gasteiger partial charge < -0.3 is 9.64 Å². The number of hydrogen-bond acceptors (Lipinski definition) is 3. The molecule has 1 saturated heterocycles. The van der Waals surface area contributed by atoms with E-state index in [0.717, 1.165) is 12.8 Å². The van der Waals surface area contributed by atoms with Crippen molar-refractivity contribution in [2.45, 2.75) is 32.2 Å². The van der Waals surface area contributed by atoms with Crippen molar-refractivity contribution in [2.24, 2.45) is 11.8 Å². The predicted molar refractivity (Wildman–Crippen MR) is 54.0 cm³/mol. The Kier molecular flexibility index (Phi) is 2.67. The molecule has 4 nitrogen and oxygen atoms in total. The van der Waals surface area contributed by atoms with Crippen LogP contribution >= 0.6 is 0 Å². The zero-order valence-electron chi connectivity index (χ0n) is 9.23. The van der Waals surface area contributed by atoms with Crippen molar-refractivity contribution in [3.8, 4) is 0 Å². The van der Waals surface area contributed by atoms with Gasteiger partial charge in [-0.1, -0.05) is 0 Å². The monoisotopic (exact) mass is 211 g/mol. The van der Waals surface area contributed by atoms with Gasteiger partial charge in [-0.05, 0) is 25.7 Å². The lowest BCUT2D eigenvalue weighted by Gasteiger charge is -2.33. The number of esters is 1. The number of ether oxygens (including phenoxy) is 1. The third kappa shape index (κ3) is 1.62. The summed E-state index contributed by atoms with van der Waals surface area (Å²) in [6.45, 7) is 2.66. The SMILES string of the molecule is CCN1C(=O)C[C@@H]2C[C@@H](C(=O)OC)[C@@H]1C2. The van der Waals surface area contributed by atoms with E-state index in [2.05, 4.69) is 0 Å². The molecule has 0 aromatic rings. The van der Waals surface area contributed by atoms with E-state index in [1.54, 1.807) is 0 Å². The van der Waals surface area contributed by atoms with E-state index in [-0.39, 0.29) is 23.8 Å². The quantitative estimate of drug-likeness (QED) is 0.635. The van der Waals surface area contributed by atoms with Crippen molar-refractivity contribution in [2.75, 3.05) is 13.7 Å². The minimum Gasteiger partial charge on any atom is -0.469 e. The lowest BCUT2D eigenvalue weighted by Crippen LogP contribution is -2.46. The molecule has 1 heterocycles. The summed E-state index contributed by atoms with van der Waals surface area (Å²) in [6.07, 6.45) is 2.40. The van der Waals surface area contributed by atoms with Crippen LogP contribution in [0, 0.1) is 11.8 Å². The molecule has 0 radical (unpaired) electrons. The van der Waals surface area contributed by atoms with Gasteiger partial charge in [0.1, 0.15) is 0 Å². The van der Waals surface area contributed by atoms with Gasteiger partial charge in [-0.15, -0.1) is 0 Å². The lowest BCUT2D eigenvalue weighted by molar-refractivity contribution is -0.148. The molecule has 3 atom stereocenters. The summed E-state index contributed by atoms with van der Waals surface area (Å²) in [4.78, 5) is 25.1. The number of rotatable bonds is 2. The van der Waals surface area contributed by atoms with E-state index in [9.17, 15) is 9.59 Å². The van der Waals surface area contributed by atoms with Gasteiger partial charge in [0.2, 0.25) is 5.91 Å². The fourth-order valence-corrected chi connectivity index (χ4v) is 2.99. The van der Waals surface area contributed by atoms with Gasteiger partial charge in [0.25, 0.3) is 0 Å². The molecule has 0 aromatic heterocycles. The maximum atomic E-state index is 11.7. The number of piperidine rings is 1. The Labute approximate surface area is 89.6 Å². The Morgan fingerprint density at radius 2 is 2.27 bits per heavy atom. The van der Waals surface area contributed by atoms with Crippen molar-refractivity contribution < 1.29 is 14.3 Å². The smallest absolute Gasteiger partial charge is 0.310 e. The summed E-state index contributed by atoms with van der Waals surface area (Å²) < 4.78 is 4.79. The molecule has 2 fully saturated rings. The standard InChI is InChI=1S/C11H17NO3/c1-3-12-9-5-7(6-10(12)13)4-8(9)11(14)15-2/h7-9H,3-6H2,1-2H3/t7-,8-,9+/m1/s1. The van der Waals surface area contributed by atoms with Crippen LogP contribution in [0.5, 0.6) is 0 Å². The fourth-order valence-electron chi connectivity index (χ4n) is 2.99. The Morgan fingerprint density at radius 3 is 2.87 bits per heavy atom. The second-order valence-corrected chi connectivity index (χ2v) is 4.42. The molecule has 1 amide bonds. The molecular weight excluding hydrogens is 194 g/mol. The average molecular weight is 211 g/mol. The first-order valence-corrected chi connectivity index (χ1v) is 5.54. The van der Waals surface area contributed by atoms with Crippen molar-refractivity contribution in [1.29, 1.82) is 0 Å². The molecule has 0 N–H and O–H groups in total. The highest BCUT2D eigenvalue weighted by Crippen LogP contribution is 2.41. The molecule has 0 spiro atoms. The van der Waals surface area contributed by atoms with E-state index < -0.39 is 0 Å². The van der Waals surface area contributed by atoms with Gasteiger partial charge >= 0.3 is 5.97 Å². The van der Waals surface area contributed by atoms with Crippen LogP contribution in [0.3, 0.4) is 0 Å². The van der Waals surface area contributed by atoms with Crippen LogP contribution in [-0.4, -0.2) is 36.5 Å². The third-order valence-electron chi connectivity index (χ3n) is 3.66. The maximum Gasteiger partial charge on any atom is 0.310 e. The van der Waals surface area contributed by atoms with Crippen LogP contribution in [0.1, 0.15) is 26.2 Å². The van der Waals surface area contributed by atoms with E-state index in [1.807, 2.05) is 11.8 Å². The molecule has 84 valence electrons. The Morgan fingerprint density at radius 1 is 1.53 bits per heavy atom. The van der Waals surface area contributed by atoms with E-state index in [4.69, 9.17) is 4.74 Å². The molecule has 15 heavy (non-hydrogen) atoms. The van der Waals surface area contributed by atoms with E-state index in [0.29, 0.717) is 18.9 Å². The Bertz CT molecular complexity index is 290. The highest BCUT2D eigenvalue weighted by atomic mass is 16.5. The second kappa shape index (κ2) is 3.83. The van der Waals surface area contributed by atoms with Gasteiger partial charge in [0, 0.05) is 19.0 Å². The van der Waals surface area contributed by atoms with Crippen LogP contribution in [-0.2, 0) is 14.3 Å². The largest absolute Gasteiger partial charge is 0.469 e. The van der Waals surface area contributed by atoms with Gasteiger partial charge in [-0.25, -0.2) is 0 Å². The van der Waals surface area contributed by atoms with Crippen molar-refractivity contribution in [3.63, 3.8) is 0 Å². The van der Waals surface area contributed by atoms with Crippen LogP contribution < -0.4 is 0 Å². The number of likely N-dealkylation sites (tertiary alicyclic amines) is 1. The first-order valence-electron chi connectivity index (χ1n) is 5.54. The number of nitrogens with zero attached hydrogens (tertiary/aromatic N) is 1. The van der Waals surface area contributed by atoms with Crippen LogP contribution in [0.15, 0.2) is 0 Å². The molecule has 2 bridgehead atoms. The second-order valence-electron chi connectivity index (χ2n) is 4.42. The molecule has 1 saturated carbocycles. The zero-order valence-corrected chi connectivity index (χ0v) is 9.23. The number of hydrogen-bond donors (Lipinski definition) is 0. The minimum atomic E-state index is -0.157. The molecule has 2 aliphatic rings. The van der Waals surface area contributed by atoms with Crippen molar-refractivity contribution in [3.05, 3.63) is 0 Å². The average Bonchev–Trinajstić information content (AvgIpc) is 2.56. The number of amides is 1. The number of carbonyl (C=O) groups is 2. The number of methoxy groups -OCH3 is 1. The maximum absolute atomic E-state index is 11.7. The van der Waals surface area contributed by atoms with Gasteiger partial charge in [0.15, 0.2) is 0 Å². The van der Waals surface area contributed by atoms with Crippen LogP contribution in [0.2, 0.25) is 0 Å². The highest BCUT2D eigenvalue weighted by Gasteiger charge is 2.47. The zero-order chi connectivity index (χ0) is 11.0. The highest BCUT2D eigenvalue weighted by molar-refractivity contribution is 5.81. The third-order valence-corrected chi connectivity index (χ3v) is 3.66. The summed E-state index contributed by atoms with van der Waals surface area (Å²) in [5.74, 6) is 0.349. The lowest BCUT2D eigenvalue weighted by atomic mass is 9.98. The molecule has 0 aromatic carbocycles. The first kappa shape index (κ1) is 10.5. The first-order chi connectivity index (χ1) is 7.17. The summed E-state index contributed by atoms with van der Waals surface area (Å²) in [7, 11) is 1.42. The van der Waals surface area contributed by atoms with E-state index in [1.165, 1.54) is 7.11 Å². The Hall–Kier alpha value is -1.06. The molecule has 1 aliphatic heterocycles. The predicted octanol–water partition coefficient (Wildman–Crippen LogP) is 0.806. The molecule has 0 unspecified atom stereocenters. The number of fused-ring (bicyclic) bond motifs is 2. The van der Waals surface area contributed by atoms with E-state index >= 15 is 0 Å². The van der Waals surface area contributed by atoms with Crippen molar-refractivity contribution >= 4 is 11.9 Å². The summed E-state index contributed by atoms with van der Waals surface area (Å²) in [5.41, 5.74) is 0. The molecule has 4 heteroatoms. The number of carbonyl (C=O) groups excluding carboxylic acids is 2. The van der Waals surface area contributed by atoms with Gasteiger partial charge in [-0.3, -0.25) is 9.59 Å². The fraction of sp³-hybridized carbons (Fsp3) is 0.818. The van der Waals surface area contributed by atoms with Crippen LogP contribution in [0.4, 0.5) is 0 Å². The van der Waals surface area contributed by atoms with Gasteiger partial charge in [-0.2, -0.15) is 0 Å². The minimum absolute atomic E-state index is 0.0913.